The number of pyridine rings is 1. The first-order valence-electron chi connectivity index (χ1n) is 21.0. The third-order valence-corrected chi connectivity index (χ3v) is 13.6. The first-order chi connectivity index (χ1) is 30.7. The third-order valence-electron chi connectivity index (χ3n) is 12.4. The summed E-state index contributed by atoms with van der Waals surface area (Å²) in [7, 11) is 0. The van der Waals surface area contributed by atoms with Crippen LogP contribution in [0.25, 0.3) is 78.7 Å². The fraction of sp³-hybridized carbons (Fsp3) is 0.0172. The quantitative estimate of drug-likeness (QED) is 0.168. The van der Waals surface area contributed by atoms with E-state index in [4.69, 9.17) is 15.0 Å². The van der Waals surface area contributed by atoms with Crippen LogP contribution in [0.15, 0.2) is 234 Å². The zero-order chi connectivity index (χ0) is 41.0. The lowest BCUT2D eigenvalue weighted by Crippen LogP contribution is -2.32. The van der Waals surface area contributed by atoms with Gasteiger partial charge in [0, 0.05) is 43.2 Å². The molecule has 0 saturated heterocycles. The molecule has 1 spiro atoms. The second-order valence-corrected chi connectivity index (χ2v) is 17.0. The summed E-state index contributed by atoms with van der Waals surface area (Å²) in [5.41, 5.74) is 18.3. The smallest absolute Gasteiger partial charge is 0.160 e. The van der Waals surface area contributed by atoms with E-state index in [1.165, 1.54) is 43.2 Å². The maximum atomic E-state index is 5.38. The summed E-state index contributed by atoms with van der Waals surface area (Å²) in [4.78, 5) is 18.5. The van der Waals surface area contributed by atoms with Crippen molar-refractivity contribution in [1.29, 1.82) is 0 Å². The lowest BCUT2D eigenvalue weighted by molar-refractivity contribution is 0.722. The zero-order valence-electron chi connectivity index (χ0n) is 33.6. The average molecular weight is 808 g/mol. The van der Waals surface area contributed by atoms with Crippen LogP contribution in [0.2, 0.25) is 0 Å². The average Bonchev–Trinajstić information content (AvgIpc) is 3.65. The molecule has 2 aliphatic rings. The molecule has 290 valence electrons. The van der Waals surface area contributed by atoms with E-state index in [0.717, 1.165) is 61.7 Å². The molecule has 0 unspecified atom stereocenters. The van der Waals surface area contributed by atoms with Crippen molar-refractivity contribution in [2.45, 2.75) is 15.2 Å². The summed E-state index contributed by atoms with van der Waals surface area (Å²) in [6.07, 6.45) is 0. The molecule has 62 heavy (non-hydrogen) atoms. The van der Waals surface area contributed by atoms with Crippen molar-refractivity contribution in [3.8, 4) is 78.7 Å². The van der Waals surface area contributed by atoms with Crippen molar-refractivity contribution < 1.29 is 0 Å². The molecule has 2 aromatic heterocycles. The van der Waals surface area contributed by atoms with E-state index in [9.17, 15) is 0 Å². The van der Waals surface area contributed by atoms with E-state index in [-0.39, 0.29) is 0 Å². The lowest BCUT2D eigenvalue weighted by atomic mass is 9.67. The Morgan fingerprint density at radius 1 is 0.290 bits per heavy atom. The highest BCUT2D eigenvalue weighted by Gasteiger charge is 2.50. The molecule has 0 atom stereocenters. The highest BCUT2D eigenvalue weighted by atomic mass is 32.2. The van der Waals surface area contributed by atoms with Crippen molar-refractivity contribution in [3.05, 3.63) is 247 Å². The summed E-state index contributed by atoms with van der Waals surface area (Å²) in [6.45, 7) is 0. The van der Waals surface area contributed by atoms with Crippen LogP contribution in [0, 0.1) is 0 Å². The van der Waals surface area contributed by atoms with E-state index in [0.29, 0.717) is 5.82 Å². The largest absolute Gasteiger partial charge is 0.247 e. The van der Waals surface area contributed by atoms with Gasteiger partial charge in [-0.05, 0) is 69.3 Å². The van der Waals surface area contributed by atoms with Gasteiger partial charge in [0.15, 0.2) is 5.82 Å². The molecule has 0 amide bonds. The number of fused-ring (bicyclic) bond motifs is 9. The highest BCUT2D eigenvalue weighted by Crippen LogP contribution is 2.62. The van der Waals surface area contributed by atoms with Crippen LogP contribution in [-0.4, -0.2) is 15.0 Å². The molecule has 8 aromatic carbocycles. The van der Waals surface area contributed by atoms with Crippen molar-refractivity contribution >= 4 is 11.8 Å². The van der Waals surface area contributed by atoms with E-state index >= 15 is 0 Å². The second kappa shape index (κ2) is 14.8. The Kier molecular flexibility index (Phi) is 8.65. The molecule has 10 aromatic rings. The molecule has 3 heterocycles. The van der Waals surface area contributed by atoms with E-state index in [1.54, 1.807) is 0 Å². The van der Waals surface area contributed by atoms with Crippen LogP contribution < -0.4 is 0 Å². The summed E-state index contributed by atoms with van der Waals surface area (Å²) in [6, 6.07) is 80.1. The zero-order valence-corrected chi connectivity index (χ0v) is 34.4. The van der Waals surface area contributed by atoms with Crippen LogP contribution in [0.4, 0.5) is 0 Å². The predicted octanol–water partition coefficient (Wildman–Crippen LogP) is 14.7. The fourth-order valence-corrected chi connectivity index (χ4v) is 10.7. The predicted molar refractivity (Wildman–Crippen MR) is 254 cm³/mol. The molecule has 4 heteroatoms. The summed E-state index contributed by atoms with van der Waals surface area (Å²) >= 11 is 1.85. The number of aromatic nitrogens is 3. The van der Waals surface area contributed by atoms with Crippen molar-refractivity contribution in [2.24, 2.45) is 0 Å². The van der Waals surface area contributed by atoms with E-state index in [1.807, 2.05) is 30.0 Å². The molecular formula is C58H37N3S. The molecule has 0 N–H and O–H groups in total. The first-order valence-corrected chi connectivity index (χ1v) is 21.8. The Labute approximate surface area is 365 Å². The number of hydrogen-bond acceptors (Lipinski definition) is 4. The van der Waals surface area contributed by atoms with Crippen LogP contribution in [-0.2, 0) is 5.41 Å². The SMILES string of the molecule is c1ccc(-c2cc(-c3ccc(-c4ccc(-c5ccccc5)nc4-c4ccccc4)cc3)nc(-c3ccc4c(c3)C3(c5ccccc5S4)c4ccccc4-c4ccccc43)n2)cc1. The Morgan fingerprint density at radius 3 is 1.42 bits per heavy atom. The normalized spacial score (nSPS) is 12.9. The Balaban J connectivity index is 1.00. The Morgan fingerprint density at radius 2 is 0.774 bits per heavy atom. The molecule has 1 aliphatic carbocycles. The maximum absolute atomic E-state index is 5.38. The standard InChI is InChI=1S/C58H37N3S/c1-4-16-39(17-5-1)51-34-33-44(56(59-51)42-20-8-3-9-21-42)38-28-30-41(31-29-38)53-37-52(40-18-6-2-7-19-40)60-57(61-53)43-32-35-55-50(36-43)58(49-26-14-15-27-54(49)62-55)47-24-12-10-22-45(47)46-23-11-13-25-48(46)58/h1-37H. The molecule has 3 nitrogen and oxygen atoms in total. The van der Waals surface area contributed by atoms with Crippen LogP contribution in [0.1, 0.15) is 22.3 Å². The van der Waals surface area contributed by atoms with Crippen LogP contribution in [0.5, 0.6) is 0 Å². The van der Waals surface area contributed by atoms with E-state index in [2.05, 4.69) is 206 Å². The minimum Gasteiger partial charge on any atom is -0.247 e. The lowest BCUT2D eigenvalue weighted by Gasteiger charge is -2.39. The molecule has 1 aliphatic heterocycles. The van der Waals surface area contributed by atoms with Crippen LogP contribution >= 0.6 is 11.8 Å². The van der Waals surface area contributed by atoms with Crippen LogP contribution in [0.3, 0.4) is 0 Å². The maximum Gasteiger partial charge on any atom is 0.160 e. The minimum atomic E-state index is -0.483. The Hall–Kier alpha value is -7.66. The van der Waals surface area contributed by atoms with Gasteiger partial charge in [0.05, 0.1) is 28.2 Å². The molecule has 0 radical (unpaired) electrons. The van der Waals surface area contributed by atoms with Gasteiger partial charge in [0.25, 0.3) is 0 Å². The van der Waals surface area contributed by atoms with Gasteiger partial charge < -0.3 is 0 Å². The molecule has 0 bridgehead atoms. The summed E-state index contributed by atoms with van der Waals surface area (Å²) < 4.78 is 0. The molecule has 0 saturated carbocycles. The van der Waals surface area contributed by atoms with Gasteiger partial charge in [0.2, 0.25) is 0 Å². The van der Waals surface area contributed by atoms with Gasteiger partial charge in [-0.1, -0.05) is 206 Å². The Bertz CT molecular complexity index is 3260. The molecular weight excluding hydrogens is 771 g/mol. The number of benzene rings is 8. The fourth-order valence-electron chi connectivity index (χ4n) is 9.57. The van der Waals surface area contributed by atoms with Gasteiger partial charge >= 0.3 is 0 Å². The highest BCUT2D eigenvalue weighted by molar-refractivity contribution is 7.99. The van der Waals surface area contributed by atoms with Crippen molar-refractivity contribution in [1.82, 2.24) is 15.0 Å². The first kappa shape index (κ1) is 36.2. The van der Waals surface area contributed by atoms with Gasteiger partial charge in [0.1, 0.15) is 0 Å². The summed E-state index contributed by atoms with van der Waals surface area (Å²) in [5.74, 6) is 0.693. The topological polar surface area (TPSA) is 38.7 Å². The van der Waals surface area contributed by atoms with Gasteiger partial charge in [-0.15, -0.1) is 0 Å². The number of nitrogens with zero attached hydrogens (tertiary/aromatic N) is 3. The molecule has 0 fully saturated rings. The van der Waals surface area contributed by atoms with E-state index < -0.39 is 5.41 Å². The summed E-state index contributed by atoms with van der Waals surface area (Å²) in [5, 5.41) is 0. The number of hydrogen-bond donors (Lipinski definition) is 0. The molecule has 12 rings (SSSR count). The monoisotopic (exact) mass is 807 g/mol. The van der Waals surface area contributed by atoms with Crippen molar-refractivity contribution in [2.75, 3.05) is 0 Å². The second-order valence-electron chi connectivity index (χ2n) is 15.9. The van der Waals surface area contributed by atoms with Gasteiger partial charge in [-0.2, -0.15) is 0 Å². The number of rotatable bonds is 6. The third kappa shape index (κ3) is 5.87. The van der Waals surface area contributed by atoms with Crippen molar-refractivity contribution in [3.63, 3.8) is 0 Å². The van der Waals surface area contributed by atoms with Gasteiger partial charge in [-0.25, -0.2) is 15.0 Å². The minimum absolute atomic E-state index is 0.483. The van der Waals surface area contributed by atoms with Gasteiger partial charge in [-0.3, -0.25) is 0 Å².